The second-order valence-corrected chi connectivity index (χ2v) is 6.98. The Kier molecular flexibility index (Phi) is 5.31. The summed E-state index contributed by atoms with van der Waals surface area (Å²) in [5, 5.41) is 13.1. The van der Waals surface area contributed by atoms with Crippen LogP contribution in [0.1, 0.15) is 37.9 Å². The highest BCUT2D eigenvalue weighted by molar-refractivity contribution is 5.88. The molecule has 24 heavy (non-hydrogen) atoms. The van der Waals surface area contributed by atoms with Crippen molar-refractivity contribution in [1.82, 2.24) is 10.2 Å². The van der Waals surface area contributed by atoms with Gasteiger partial charge in [-0.15, -0.1) is 0 Å². The molecule has 3 aliphatic heterocycles. The van der Waals surface area contributed by atoms with E-state index in [-0.39, 0.29) is 17.8 Å². The molecule has 5 heteroatoms. The molecule has 0 spiro atoms. The van der Waals surface area contributed by atoms with E-state index in [2.05, 4.69) is 10.2 Å². The summed E-state index contributed by atoms with van der Waals surface area (Å²) in [6.07, 6.45) is 3.73. The van der Waals surface area contributed by atoms with Crippen LogP contribution in [0.2, 0.25) is 0 Å². The molecule has 2 atom stereocenters. The SMILES string of the molecule is CC(CC(O)c1ccc(F)cc1)NC(=O)/C=C1/CN2CCC1CC2. The average Bonchev–Trinajstić information content (AvgIpc) is 2.56. The molecule has 3 saturated heterocycles. The number of nitrogens with one attached hydrogen (secondary N) is 1. The lowest BCUT2D eigenvalue weighted by Gasteiger charge is -2.41. The zero-order chi connectivity index (χ0) is 17.1. The molecule has 1 aromatic rings. The first-order valence-electron chi connectivity index (χ1n) is 8.68. The molecule has 2 N–H and O–H groups in total. The topological polar surface area (TPSA) is 52.6 Å². The fourth-order valence-electron chi connectivity index (χ4n) is 3.68. The third-order valence-electron chi connectivity index (χ3n) is 5.05. The number of fused-ring (bicyclic) bond motifs is 3. The molecule has 0 radical (unpaired) electrons. The van der Waals surface area contributed by atoms with Crippen LogP contribution in [-0.2, 0) is 4.79 Å². The molecule has 0 aliphatic carbocycles. The number of piperidine rings is 3. The number of hydrogen-bond donors (Lipinski definition) is 2. The van der Waals surface area contributed by atoms with Crippen molar-refractivity contribution in [2.45, 2.75) is 38.3 Å². The normalized spacial score (nSPS) is 27.0. The second-order valence-electron chi connectivity index (χ2n) is 6.98. The maximum absolute atomic E-state index is 12.9. The summed E-state index contributed by atoms with van der Waals surface area (Å²) in [6, 6.07) is 5.66. The number of halogens is 1. The monoisotopic (exact) mass is 332 g/mol. The molecule has 4 rings (SSSR count). The number of nitrogens with zero attached hydrogens (tertiary/aromatic N) is 1. The van der Waals surface area contributed by atoms with E-state index in [0.29, 0.717) is 17.9 Å². The van der Waals surface area contributed by atoms with Crippen LogP contribution in [-0.4, -0.2) is 41.6 Å². The molecule has 1 aromatic carbocycles. The van der Waals surface area contributed by atoms with Gasteiger partial charge in [-0.2, -0.15) is 0 Å². The van der Waals surface area contributed by atoms with E-state index in [9.17, 15) is 14.3 Å². The zero-order valence-corrected chi connectivity index (χ0v) is 14.0. The second kappa shape index (κ2) is 7.45. The van der Waals surface area contributed by atoms with Crippen LogP contribution in [0, 0.1) is 11.7 Å². The summed E-state index contributed by atoms with van der Waals surface area (Å²) in [4.78, 5) is 14.6. The van der Waals surface area contributed by atoms with Crippen molar-refractivity contribution in [1.29, 1.82) is 0 Å². The molecule has 4 nitrogen and oxygen atoms in total. The largest absolute Gasteiger partial charge is 0.388 e. The summed E-state index contributed by atoms with van der Waals surface area (Å²) in [5.74, 6) is 0.148. The van der Waals surface area contributed by atoms with E-state index in [1.165, 1.54) is 17.7 Å². The Hall–Kier alpha value is -1.72. The van der Waals surface area contributed by atoms with Crippen molar-refractivity contribution < 1.29 is 14.3 Å². The van der Waals surface area contributed by atoms with E-state index in [4.69, 9.17) is 0 Å². The molecular weight excluding hydrogens is 307 g/mol. The van der Waals surface area contributed by atoms with Crippen LogP contribution < -0.4 is 5.32 Å². The van der Waals surface area contributed by atoms with Crippen molar-refractivity contribution in [3.05, 3.63) is 47.3 Å². The summed E-state index contributed by atoms with van der Waals surface area (Å²) < 4.78 is 12.9. The van der Waals surface area contributed by atoms with Crippen LogP contribution >= 0.6 is 0 Å². The van der Waals surface area contributed by atoms with Crippen LogP contribution in [0.25, 0.3) is 0 Å². The highest BCUT2D eigenvalue weighted by Crippen LogP contribution is 2.31. The lowest BCUT2D eigenvalue weighted by Crippen LogP contribution is -2.43. The molecule has 3 fully saturated rings. The molecule has 2 unspecified atom stereocenters. The summed E-state index contributed by atoms with van der Waals surface area (Å²) >= 11 is 0. The molecular formula is C19H25FN2O2. The van der Waals surface area contributed by atoms with Gasteiger partial charge in [-0.25, -0.2) is 4.39 Å². The summed E-state index contributed by atoms with van der Waals surface area (Å²) in [7, 11) is 0. The predicted molar refractivity (Wildman–Crippen MR) is 90.8 cm³/mol. The fraction of sp³-hybridized carbons (Fsp3) is 0.526. The van der Waals surface area contributed by atoms with Gasteiger partial charge in [0.25, 0.3) is 0 Å². The molecule has 0 aromatic heterocycles. The molecule has 0 saturated carbocycles. The van der Waals surface area contributed by atoms with Crippen LogP contribution in [0.3, 0.4) is 0 Å². The first kappa shape index (κ1) is 17.1. The fourth-order valence-corrected chi connectivity index (χ4v) is 3.68. The van der Waals surface area contributed by atoms with Crippen molar-refractivity contribution in [3.8, 4) is 0 Å². The number of rotatable bonds is 5. The third-order valence-corrected chi connectivity index (χ3v) is 5.05. The van der Waals surface area contributed by atoms with Gasteiger partial charge < -0.3 is 10.4 Å². The highest BCUT2D eigenvalue weighted by Gasteiger charge is 2.29. The molecule has 1 amide bonds. The van der Waals surface area contributed by atoms with E-state index in [1.807, 2.05) is 6.92 Å². The Balaban J connectivity index is 1.51. The molecule has 3 heterocycles. The maximum atomic E-state index is 12.9. The van der Waals surface area contributed by atoms with Crippen molar-refractivity contribution in [2.24, 2.45) is 5.92 Å². The van der Waals surface area contributed by atoms with E-state index in [0.717, 1.165) is 32.5 Å². The van der Waals surface area contributed by atoms with Gasteiger partial charge in [0.15, 0.2) is 0 Å². The zero-order valence-electron chi connectivity index (χ0n) is 14.0. The minimum atomic E-state index is -0.717. The molecule has 130 valence electrons. The van der Waals surface area contributed by atoms with Gasteiger partial charge in [0.1, 0.15) is 5.82 Å². The Morgan fingerprint density at radius 1 is 1.38 bits per heavy atom. The van der Waals surface area contributed by atoms with Crippen molar-refractivity contribution in [3.63, 3.8) is 0 Å². The predicted octanol–water partition coefficient (Wildman–Crippen LogP) is 2.41. The van der Waals surface area contributed by atoms with Gasteiger partial charge in [-0.1, -0.05) is 12.1 Å². The standard InChI is InChI=1S/C19H25FN2O2/c1-13(10-18(23)15-2-4-17(20)5-3-15)21-19(24)11-16-12-22-8-6-14(16)7-9-22/h2-5,11,13-14,18,23H,6-10,12H2,1H3,(H,21,24)/b16-11-. The van der Waals surface area contributed by atoms with Crippen molar-refractivity contribution >= 4 is 5.91 Å². The quantitative estimate of drug-likeness (QED) is 0.814. The van der Waals surface area contributed by atoms with E-state index in [1.54, 1.807) is 18.2 Å². The van der Waals surface area contributed by atoms with Crippen molar-refractivity contribution in [2.75, 3.05) is 19.6 Å². The first-order valence-corrected chi connectivity index (χ1v) is 8.68. The number of aliphatic hydroxyl groups is 1. The minimum Gasteiger partial charge on any atom is -0.388 e. The van der Waals surface area contributed by atoms with Gasteiger partial charge in [-0.3, -0.25) is 9.69 Å². The van der Waals surface area contributed by atoms with Gasteiger partial charge >= 0.3 is 0 Å². The Morgan fingerprint density at radius 2 is 2.04 bits per heavy atom. The Labute approximate surface area is 142 Å². The number of amides is 1. The molecule has 2 bridgehead atoms. The highest BCUT2D eigenvalue weighted by atomic mass is 19.1. The first-order chi connectivity index (χ1) is 11.5. The number of carbonyl (C=O) groups excluding carboxylic acids is 1. The van der Waals surface area contributed by atoms with Gasteiger partial charge in [-0.05, 0) is 68.5 Å². The van der Waals surface area contributed by atoms with Gasteiger partial charge in [0.2, 0.25) is 5.91 Å². The summed E-state index contributed by atoms with van der Waals surface area (Å²) in [5.41, 5.74) is 1.89. The summed E-state index contributed by atoms with van der Waals surface area (Å²) in [6.45, 7) is 5.07. The lowest BCUT2D eigenvalue weighted by atomic mass is 9.83. The van der Waals surface area contributed by atoms with Gasteiger partial charge in [0.05, 0.1) is 6.10 Å². The number of carbonyl (C=O) groups is 1. The van der Waals surface area contributed by atoms with Gasteiger partial charge in [0, 0.05) is 18.7 Å². The van der Waals surface area contributed by atoms with Crippen LogP contribution in [0.4, 0.5) is 4.39 Å². The smallest absolute Gasteiger partial charge is 0.244 e. The number of aliphatic hydroxyl groups excluding tert-OH is 1. The van der Waals surface area contributed by atoms with Crippen LogP contribution in [0.15, 0.2) is 35.9 Å². The Bertz CT molecular complexity index is 606. The number of benzene rings is 1. The van der Waals surface area contributed by atoms with E-state index < -0.39 is 6.10 Å². The minimum absolute atomic E-state index is 0.0856. The maximum Gasteiger partial charge on any atom is 0.244 e. The van der Waals surface area contributed by atoms with E-state index >= 15 is 0 Å². The Morgan fingerprint density at radius 3 is 2.62 bits per heavy atom. The third kappa shape index (κ3) is 4.22. The average molecular weight is 332 g/mol. The van der Waals surface area contributed by atoms with Crippen LogP contribution in [0.5, 0.6) is 0 Å². The molecule has 3 aliphatic rings. The number of hydrogen-bond acceptors (Lipinski definition) is 3. The lowest BCUT2D eigenvalue weighted by molar-refractivity contribution is -0.117.